The number of hydrogen-bond donors (Lipinski definition) is 1. The highest BCUT2D eigenvalue weighted by Crippen LogP contribution is 2.27. The maximum Gasteiger partial charge on any atom is 0.271 e. The number of carbonyl (C=O) groups is 1. The minimum atomic E-state index is -0.312. The Morgan fingerprint density at radius 3 is 2.58 bits per heavy atom. The van der Waals surface area contributed by atoms with Crippen molar-refractivity contribution in [1.29, 1.82) is 0 Å². The van der Waals surface area contributed by atoms with E-state index in [4.69, 9.17) is 9.47 Å². The molecule has 6 nitrogen and oxygen atoms in total. The van der Waals surface area contributed by atoms with Crippen LogP contribution in [-0.2, 0) is 7.05 Å². The van der Waals surface area contributed by atoms with Gasteiger partial charge in [0.15, 0.2) is 11.5 Å². The number of rotatable bonds is 4. The Balaban J connectivity index is 1.88. The van der Waals surface area contributed by atoms with Crippen LogP contribution in [0.25, 0.3) is 10.2 Å². The van der Waals surface area contributed by atoms with Crippen molar-refractivity contribution in [2.24, 2.45) is 12.1 Å². The van der Waals surface area contributed by atoms with Crippen LogP contribution in [-0.4, -0.2) is 24.7 Å². The molecule has 1 aromatic heterocycles. The summed E-state index contributed by atoms with van der Waals surface area (Å²) >= 11 is 1.51. The summed E-state index contributed by atoms with van der Waals surface area (Å²) in [6, 6.07) is 13.0. The van der Waals surface area contributed by atoms with Gasteiger partial charge in [-0.1, -0.05) is 23.5 Å². The maximum atomic E-state index is 12.3. The molecule has 2 aromatic carbocycles. The first-order chi connectivity index (χ1) is 11.6. The van der Waals surface area contributed by atoms with Crippen LogP contribution in [0.1, 0.15) is 10.4 Å². The molecule has 7 heteroatoms. The number of aromatic nitrogens is 1. The molecular weight excluding hydrogens is 326 g/mol. The predicted molar refractivity (Wildman–Crippen MR) is 93.4 cm³/mol. The highest BCUT2D eigenvalue weighted by Gasteiger charge is 2.10. The van der Waals surface area contributed by atoms with Crippen molar-refractivity contribution >= 4 is 27.5 Å². The van der Waals surface area contributed by atoms with Crippen molar-refractivity contribution in [3.8, 4) is 11.5 Å². The molecule has 0 atom stereocenters. The van der Waals surface area contributed by atoms with Crippen LogP contribution in [0.2, 0.25) is 0 Å². The van der Waals surface area contributed by atoms with Gasteiger partial charge in [0, 0.05) is 12.6 Å². The van der Waals surface area contributed by atoms with Gasteiger partial charge in [0.25, 0.3) is 5.91 Å². The van der Waals surface area contributed by atoms with Gasteiger partial charge >= 0.3 is 0 Å². The number of thiazole rings is 1. The molecule has 0 saturated carbocycles. The van der Waals surface area contributed by atoms with Gasteiger partial charge in [-0.25, -0.2) is 5.43 Å². The van der Waals surface area contributed by atoms with Crippen molar-refractivity contribution in [3.63, 3.8) is 0 Å². The second kappa shape index (κ2) is 6.76. The van der Waals surface area contributed by atoms with Crippen molar-refractivity contribution in [2.75, 3.05) is 14.2 Å². The quantitative estimate of drug-likeness (QED) is 0.740. The van der Waals surface area contributed by atoms with Gasteiger partial charge in [-0.3, -0.25) is 4.79 Å². The number of nitrogens with zero attached hydrogens (tertiary/aromatic N) is 2. The van der Waals surface area contributed by atoms with Crippen LogP contribution in [0.4, 0.5) is 0 Å². The van der Waals surface area contributed by atoms with Crippen molar-refractivity contribution in [2.45, 2.75) is 0 Å². The molecule has 0 aliphatic rings. The molecule has 0 unspecified atom stereocenters. The standard InChI is InChI=1S/C17H17N3O3S/c1-20-12-6-4-5-7-15(12)24-17(20)19-18-16(21)11-8-9-13(22-2)14(10-11)23-3/h4-10H,1-3H3,(H,18,21)/b19-17+. The van der Waals surface area contributed by atoms with E-state index in [2.05, 4.69) is 10.5 Å². The third kappa shape index (κ3) is 2.98. The van der Waals surface area contributed by atoms with Gasteiger partial charge in [0.05, 0.1) is 24.4 Å². The number of methoxy groups -OCH3 is 2. The van der Waals surface area contributed by atoms with Gasteiger partial charge < -0.3 is 14.0 Å². The molecule has 0 saturated heterocycles. The summed E-state index contributed by atoms with van der Waals surface area (Å²) < 4.78 is 13.4. The van der Waals surface area contributed by atoms with Crippen LogP contribution in [0.15, 0.2) is 47.6 Å². The fourth-order valence-corrected chi connectivity index (χ4v) is 3.31. The zero-order chi connectivity index (χ0) is 17.1. The maximum absolute atomic E-state index is 12.3. The molecule has 0 bridgehead atoms. The van der Waals surface area contributed by atoms with Crippen molar-refractivity contribution < 1.29 is 14.3 Å². The topological polar surface area (TPSA) is 64.8 Å². The minimum Gasteiger partial charge on any atom is -0.493 e. The Hall–Kier alpha value is -2.80. The minimum absolute atomic E-state index is 0.312. The van der Waals surface area contributed by atoms with Gasteiger partial charge in [-0.05, 0) is 30.3 Å². The normalized spacial score (nSPS) is 11.5. The average molecular weight is 343 g/mol. The lowest BCUT2D eigenvalue weighted by molar-refractivity contribution is 0.0952. The fourth-order valence-electron chi connectivity index (χ4n) is 2.33. The van der Waals surface area contributed by atoms with Crippen LogP contribution in [0.3, 0.4) is 0 Å². The second-order valence-electron chi connectivity index (χ2n) is 5.03. The first kappa shape index (κ1) is 16.1. The lowest BCUT2D eigenvalue weighted by Gasteiger charge is -2.08. The Kier molecular flexibility index (Phi) is 4.52. The van der Waals surface area contributed by atoms with E-state index in [-0.39, 0.29) is 5.91 Å². The Morgan fingerprint density at radius 2 is 1.88 bits per heavy atom. The van der Waals surface area contributed by atoms with E-state index in [1.165, 1.54) is 18.4 Å². The van der Waals surface area contributed by atoms with E-state index < -0.39 is 0 Å². The number of aryl methyl sites for hydroxylation is 1. The summed E-state index contributed by atoms with van der Waals surface area (Å²) in [4.78, 5) is 13.0. The average Bonchev–Trinajstić information content (AvgIpc) is 2.95. The lowest BCUT2D eigenvalue weighted by atomic mass is 10.2. The Labute approximate surface area is 143 Å². The van der Waals surface area contributed by atoms with Crippen LogP contribution in [0, 0.1) is 0 Å². The second-order valence-corrected chi connectivity index (χ2v) is 6.04. The largest absolute Gasteiger partial charge is 0.493 e. The van der Waals surface area contributed by atoms with Crippen molar-refractivity contribution in [1.82, 2.24) is 9.99 Å². The highest BCUT2D eigenvalue weighted by molar-refractivity contribution is 7.16. The number of benzene rings is 2. The van der Waals surface area contributed by atoms with E-state index in [0.29, 0.717) is 21.9 Å². The van der Waals surface area contributed by atoms with Crippen LogP contribution in [0.5, 0.6) is 11.5 Å². The summed E-state index contributed by atoms with van der Waals surface area (Å²) in [5.41, 5.74) is 4.10. The summed E-state index contributed by atoms with van der Waals surface area (Å²) in [6.07, 6.45) is 0. The zero-order valence-electron chi connectivity index (χ0n) is 13.6. The molecule has 0 fully saturated rings. The number of para-hydroxylation sites is 1. The van der Waals surface area contributed by atoms with E-state index in [0.717, 1.165) is 10.2 Å². The molecule has 0 aliphatic heterocycles. The first-order valence-corrected chi connectivity index (χ1v) is 8.06. The third-order valence-electron chi connectivity index (χ3n) is 3.61. The van der Waals surface area contributed by atoms with E-state index >= 15 is 0 Å². The summed E-state index contributed by atoms with van der Waals surface area (Å²) in [6.45, 7) is 0. The number of fused-ring (bicyclic) bond motifs is 1. The summed E-state index contributed by atoms with van der Waals surface area (Å²) in [5.74, 6) is 0.757. The number of carbonyl (C=O) groups excluding carboxylic acids is 1. The lowest BCUT2D eigenvalue weighted by Crippen LogP contribution is -2.23. The molecule has 0 radical (unpaired) electrons. The molecular formula is C17H17N3O3S. The molecule has 1 amide bonds. The summed E-state index contributed by atoms with van der Waals surface area (Å²) in [5, 5.41) is 4.23. The number of hydrogen-bond acceptors (Lipinski definition) is 5. The number of ether oxygens (including phenoxy) is 2. The molecule has 0 spiro atoms. The van der Waals surface area contributed by atoms with Gasteiger partial charge in [-0.2, -0.15) is 0 Å². The SMILES string of the molecule is COc1ccc(C(=O)N/N=c2/sc3ccccc3n2C)cc1OC. The van der Waals surface area contributed by atoms with Crippen molar-refractivity contribution in [3.05, 3.63) is 52.8 Å². The smallest absolute Gasteiger partial charge is 0.271 e. The monoisotopic (exact) mass is 343 g/mol. The van der Waals surface area contributed by atoms with E-state index in [1.54, 1.807) is 25.3 Å². The molecule has 3 rings (SSSR count). The van der Waals surface area contributed by atoms with E-state index in [9.17, 15) is 4.79 Å². The summed E-state index contributed by atoms with van der Waals surface area (Å²) in [7, 11) is 5.00. The van der Waals surface area contributed by atoms with Gasteiger partial charge in [-0.15, -0.1) is 5.10 Å². The number of nitrogens with one attached hydrogen (secondary N) is 1. The molecule has 0 aliphatic carbocycles. The van der Waals surface area contributed by atoms with Crippen LogP contribution >= 0.6 is 11.3 Å². The highest BCUT2D eigenvalue weighted by atomic mass is 32.1. The first-order valence-electron chi connectivity index (χ1n) is 7.24. The molecule has 1 heterocycles. The molecule has 1 N–H and O–H groups in total. The molecule has 3 aromatic rings. The van der Waals surface area contributed by atoms with E-state index in [1.807, 2.05) is 35.9 Å². The third-order valence-corrected chi connectivity index (χ3v) is 4.73. The number of amides is 1. The predicted octanol–water partition coefficient (Wildman–Crippen LogP) is 2.50. The molecule has 124 valence electrons. The zero-order valence-corrected chi connectivity index (χ0v) is 14.4. The molecule has 24 heavy (non-hydrogen) atoms. The Morgan fingerprint density at radius 1 is 1.12 bits per heavy atom. The van der Waals surface area contributed by atoms with Gasteiger partial charge in [0.2, 0.25) is 4.80 Å². The van der Waals surface area contributed by atoms with Crippen LogP contribution < -0.4 is 19.7 Å². The van der Waals surface area contributed by atoms with Gasteiger partial charge in [0.1, 0.15) is 0 Å². The Bertz CT molecular complexity index is 959. The fraction of sp³-hybridized carbons (Fsp3) is 0.176.